The number of aromatic nitrogens is 1. The molecule has 1 heterocycles. The zero-order valence-corrected chi connectivity index (χ0v) is 21.5. The molecule has 3 aromatic rings. The van der Waals surface area contributed by atoms with Crippen LogP contribution in [0, 0.1) is 19.7 Å². The lowest BCUT2D eigenvalue weighted by Gasteiger charge is -2.21. The van der Waals surface area contributed by atoms with Crippen molar-refractivity contribution in [1.29, 1.82) is 0 Å². The van der Waals surface area contributed by atoms with Gasteiger partial charge in [-0.15, -0.1) is 24.2 Å². The number of halogens is 2. The second-order valence-electron chi connectivity index (χ2n) is 8.01. The van der Waals surface area contributed by atoms with Crippen LogP contribution in [0.2, 0.25) is 0 Å². The van der Waals surface area contributed by atoms with Gasteiger partial charge in [0.15, 0.2) is 5.13 Å². The van der Waals surface area contributed by atoms with Crippen molar-refractivity contribution in [1.82, 2.24) is 9.88 Å². The van der Waals surface area contributed by atoms with Gasteiger partial charge in [0, 0.05) is 17.9 Å². The van der Waals surface area contributed by atoms with Crippen LogP contribution in [-0.2, 0) is 4.79 Å². The van der Waals surface area contributed by atoms with Crippen LogP contribution in [0.25, 0.3) is 10.2 Å². The number of hydrogen-bond donors (Lipinski definition) is 0. The molecule has 3 rings (SSSR count). The van der Waals surface area contributed by atoms with Gasteiger partial charge < -0.3 is 4.90 Å². The van der Waals surface area contributed by atoms with Crippen LogP contribution in [0.1, 0.15) is 30.4 Å². The minimum atomic E-state index is -0.228. The minimum Gasteiger partial charge on any atom is -0.309 e. The maximum Gasteiger partial charge on any atom is 0.228 e. The smallest absolute Gasteiger partial charge is 0.228 e. The third kappa shape index (κ3) is 7.44. The van der Waals surface area contributed by atoms with E-state index in [1.54, 1.807) is 35.2 Å². The van der Waals surface area contributed by atoms with Crippen LogP contribution < -0.4 is 4.90 Å². The summed E-state index contributed by atoms with van der Waals surface area (Å²) in [6, 6.07) is 10.8. The number of benzene rings is 2. The molecule has 0 aliphatic rings. The fourth-order valence-electron chi connectivity index (χ4n) is 3.23. The van der Waals surface area contributed by atoms with Gasteiger partial charge in [0.05, 0.1) is 10.2 Å². The molecule has 0 spiro atoms. The summed E-state index contributed by atoms with van der Waals surface area (Å²) in [6.45, 7) is 5.78. The monoisotopic (exact) mass is 495 g/mol. The molecule has 8 heteroatoms. The molecule has 0 fully saturated rings. The lowest BCUT2D eigenvalue weighted by molar-refractivity contribution is -0.118. The quantitative estimate of drug-likeness (QED) is 0.243. The number of amides is 1. The summed E-state index contributed by atoms with van der Waals surface area (Å²) < 4.78 is 14.2. The number of thioether (sulfide) groups is 1. The third-order valence-electron chi connectivity index (χ3n) is 5.13. The molecule has 2 aromatic carbocycles. The van der Waals surface area contributed by atoms with E-state index < -0.39 is 0 Å². The molecular formula is C24H31ClFN3OS2. The fourth-order valence-corrected chi connectivity index (χ4v) is 5.18. The highest BCUT2D eigenvalue weighted by Gasteiger charge is 2.19. The van der Waals surface area contributed by atoms with Gasteiger partial charge in [0.1, 0.15) is 5.82 Å². The zero-order valence-electron chi connectivity index (χ0n) is 19.1. The topological polar surface area (TPSA) is 36.4 Å². The van der Waals surface area contributed by atoms with Crippen molar-refractivity contribution in [2.45, 2.75) is 38.0 Å². The summed E-state index contributed by atoms with van der Waals surface area (Å²) in [7, 11) is 4.09. The predicted octanol–water partition coefficient (Wildman–Crippen LogP) is 6.33. The van der Waals surface area contributed by atoms with Crippen LogP contribution in [0.15, 0.2) is 41.3 Å². The fraction of sp³-hybridized carbons (Fsp3) is 0.417. The molecule has 0 saturated heterocycles. The Morgan fingerprint density at radius 3 is 2.44 bits per heavy atom. The van der Waals surface area contributed by atoms with Crippen LogP contribution in [0.3, 0.4) is 0 Å². The maximum atomic E-state index is 13.1. The van der Waals surface area contributed by atoms with E-state index in [9.17, 15) is 9.18 Å². The zero-order chi connectivity index (χ0) is 22.4. The number of carbonyl (C=O) groups is 1. The summed E-state index contributed by atoms with van der Waals surface area (Å²) in [4.78, 5) is 22.9. The van der Waals surface area contributed by atoms with E-state index in [1.807, 2.05) is 19.0 Å². The summed E-state index contributed by atoms with van der Waals surface area (Å²) >= 11 is 3.24. The standard InChI is InChI=1S/C24H30FN3OS2.ClH/c1-17-15-21-22(16-18(17)2)31-24(26-21)28(13-6-12-27(3)4)23(29)7-5-14-30-20-10-8-19(25)9-11-20;/h8-11,15-16H,5-7,12-14H2,1-4H3;1H. The van der Waals surface area contributed by atoms with E-state index in [1.165, 1.54) is 23.3 Å². The van der Waals surface area contributed by atoms with Crippen molar-refractivity contribution in [2.24, 2.45) is 0 Å². The summed E-state index contributed by atoms with van der Waals surface area (Å²) in [5.41, 5.74) is 3.42. The third-order valence-corrected chi connectivity index (χ3v) is 7.27. The van der Waals surface area contributed by atoms with Crippen molar-refractivity contribution in [3.63, 3.8) is 0 Å². The lowest BCUT2D eigenvalue weighted by atomic mass is 10.1. The first-order valence-corrected chi connectivity index (χ1v) is 12.3. The van der Waals surface area contributed by atoms with Crippen molar-refractivity contribution in [3.8, 4) is 0 Å². The Hall–Kier alpha value is -1.67. The number of hydrogen-bond acceptors (Lipinski definition) is 5. The van der Waals surface area contributed by atoms with Crippen LogP contribution >= 0.6 is 35.5 Å². The molecule has 1 aromatic heterocycles. The predicted molar refractivity (Wildman–Crippen MR) is 138 cm³/mol. The number of fused-ring (bicyclic) bond motifs is 1. The lowest BCUT2D eigenvalue weighted by Crippen LogP contribution is -2.33. The first-order valence-electron chi connectivity index (χ1n) is 10.5. The number of carbonyl (C=O) groups excluding carboxylic acids is 1. The molecule has 0 aliphatic heterocycles. The minimum absolute atomic E-state index is 0. The molecule has 1 amide bonds. The molecule has 0 unspecified atom stereocenters. The summed E-state index contributed by atoms with van der Waals surface area (Å²) in [5.74, 6) is 0.710. The number of rotatable bonds is 10. The Balaban J connectivity index is 0.00000363. The largest absolute Gasteiger partial charge is 0.309 e. The van der Waals surface area contributed by atoms with Crippen molar-refractivity contribution in [2.75, 3.05) is 37.8 Å². The van der Waals surface area contributed by atoms with Crippen LogP contribution in [-0.4, -0.2) is 48.7 Å². The molecule has 0 atom stereocenters. The number of thiazole rings is 1. The molecule has 0 N–H and O–H groups in total. The van der Waals surface area contributed by atoms with Crippen LogP contribution in [0.5, 0.6) is 0 Å². The summed E-state index contributed by atoms with van der Waals surface area (Å²) in [6.07, 6.45) is 2.15. The van der Waals surface area contributed by atoms with Crippen molar-refractivity contribution >= 4 is 56.8 Å². The second kappa shape index (κ2) is 12.5. The molecule has 32 heavy (non-hydrogen) atoms. The number of aryl methyl sites for hydroxylation is 2. The Labute approximate surface area is 204 Å². The maximum absolute atomic E-state index is 13.1. The Morgan fingerprint density at radius 2 is 1.75 bits per heavy atom. The van der Waals surface area contributed by atoms with Gasteiger partial charge >= 0.3 is 0 Å². The molecule has 0 aliphatic carbocycles. The van der Waals surface area contributed by atoms with Crippen molar-refractivity contribution < 1.29 is 9.18 Å². The Morgan fingerprint density at radius 1 is 1.06 bits per heavy atom. The number of nitrogens with zero attached hydrogens (tertiary/aromatic N) is 3. The van der Waals surface area contributed by atoms with Crippen molar-refractivity contribution in [3.05, 3.63) is 53.3 Å². The van der Waals surface area contributed by atoms with Crippen LogP contribution in [0.4, 0.5) is 9.52 Å². The van der Waals surface area contributed by atoms with Gasteiger partial charge in [0.2, 0.25) is 5.91 Å². The van der Waals surface area contributed by atoms with Gasteiger partial charge in [-0.2, -0.15) is 0 Å². The Bertz CT molecular complexity index is 985. The average molecular weight is 496 g/mol. The van der Waals surface area contributed by atoms with Gasteiger partial charge in [-0.1, -0.05) is 11.3 Å². The molecule has 0 bridgehead atoms. The normalized spacial score (nSPS) is 11.1. The number of anilines is 1. The van der Waals surface area contributed by atoms with E-state index in [-0.39, 0.29) is 24.1 Å². The molecule has 4 nitrogen and oxygen atoms in total. The van der Waals surface area contributed by atoms with E-state index in [2.05, 4.69) is 30.9 Å². The van der Waals surface area contributed by atoms with Gasteiger partial charge in [-0.05, 0) is 101 Å². The Kier molecular flexibility index (Phi) is 10.4. The van der Waals surface area contributed by atoms with Gasteiger partial charge in [-0.25, -0.2) is 9.37 Å². The van der Waals surface area contributed by atoms with E-state index in [0.29, 0.717) is 13.0 Å². The van der Waals surface area contributed by atoms with E-state index >= 15 is 0 Å². The second-order valence-corrected chi connectivity index (χ2v) is 10.2. The first-order chi connectivity index (χ1) is 14.8. The molecule has 174 valence electrons. The highest BCUT2D eigenvalue weighted by molar-refractivity contribution is 7.99. The average Bonchev–Trinajstić information content (AvgIpc) is 3.12. The van der Waals surface area contributed by atoms with E-state index in [4.69, 9.17) is 4.98 Å². The highest BCUT2D eigenvalue weighted by Crippen LogP contribution is 2.31. The SMILES string of the molecule is Cc1cc2nc(N(CCCN(C)C)C(=O)CCCSc3ccc(F)cc3)sc2cc1C.Cl. The summed E-state index contributed by atoms with van der Waals surface area (Å²) in [5, 5.41) is 0.787. The molecule has 0 saturated carbocycles. The molecular weight excluding hydrogens is 465 g/mol. The van der Waals surface area contributed by atoms with E-state index in [0.717, 1.165) is 45.4 Å². The highest BCUT2D eigenvalue weighted by atomic mass is 35.5. The molecule has 0 radical (unpaired) electrons. The van der Waals surface area contributed by atoms with Gasteiger partial charge in [-0.3, -0.25) is 9.69 Å². The van der Waals surface area contributed by atoms with Gasteiger partial charge in [0.25, 0.3) is 0 Å². The first kappa shape index (κ1) is 26.6.